The summed E-state index contributed by atoms with van der Waals surface area (Å²) in [6.45, 7) is 5.70. The molecule has 3 aromatic rings. The van der Waals surface area contributed by atoms with E-state index in [0.29, 0.717) is 22.1 Å². The van der Waals surface area contributed by atoms with E-state index >= 15 is 0 Å². The van der Waals surface area contributed by atoms with Gasteiger partial charge in [-0.05, 0) is 38.3 Å². The van der Waals surface area contributed by atoms with Gasteiger partial charge in [-0.15, -0.1) is 0 Å². The van der Waals surface area contributed by atoms with Crippen LogP contribution in [-0.2, 0) is 4.79 Å². The van der Waals surface area contributed by atoms with Gasteiger partial charge in [-0.2, -0.15) is 0 Å². The summed E-state index contributed by atoms with van der Waals surface area (Å²) in [5, 5.41) is 1.62. The van der Waals surface area contributed by atoms with E-state index in [1.165, 1.54) is 18.1 Å². The van der Waals surface area contributed by atoms with Crippen molar-refractivity contribution in [3.05, 3.63) is 23.7 Å². The Morgan fingerprint density at radius 1 is 1.29 bits per heavy atom. The summed E-state index contributed by atoms with van der Waals surface area (Å²) < 4.78 is 5.92. The normalized spacial score (nSPS) is 14.8. The molecule has 24 heavy (non-hydrogen) atoms. The number of carbonyl (C=O) groups is 1. The maximum atomic E-state index is 12.2. The second kappa shape index (κ2) is 6.05. The van der Waals surface area contributed by atoms with Crippen molar-refractivity contribution in [3.63, 3.8) is 0 Å². The molecule has 0 aliphatic carbocycles. The van der Waals surface area contributed by atoms with Crippen LogP contribution >= 0.6 is 11.8 Å². The molecule has 0 spiro atoms. The van der Waals surface area contributed by atoms with Crippen molar-refractivity contribution < 1.29 is 9.21 Å². The second-order valence-electron chi connectivity index (χ2n) is 6.10. The molecule has 0 saturated carbocycles. The van der Waals surface area contributed by atoms with Crippen LogP contribution in [0.3, 0.4) is 0 Å². The Kier molecular flexibility index (Phi) is 3.88. The number of pyridine rings is 1. The van der Waals surface area contributed by atoms with Crippen LogP contribution in [0.5, 0.6) is 0 Å². The molecule has 0 atom stereocenters. The quantitative estimate of drug-likeness (QED) is 0.538. The van der Waals surface area contributed by atoms with Crippen LogP contribution in [0.4, 0.5) is 0 Å². The van der Waals surface area contributed by atoms with E-state index in [1.807, 2.05) is 24.8 Å². The van der Waals surface area contributed by atoms with Gasteiger partial charge in [-0.3, -0.25) is 4.79 Å². The van der Waals surface area contributed by atoms with Crippen LogP contribution in [0.1, 0.15) is 24.1 Å². The zero-order valence-electron chi connectivity index (χ0n) is 13.7. The van der Waals surface area contributed by atoms with Gasteiger partial charge >= 0.3 is 0 Å². The molecule has 1 aliphatic rings. The Bertz CT molecular complexity index is 931. The molecule has 7 heteroatoms. The summed E-state index contributed by atoms with van der Waals surface area (Å²) in [7, 11) is 0. The van der Waals surface area contributed by atoms with Gasteiger partial charge in [0.05, 0.1) is 11.1 Å². The lowest BCUT2D eigenvalue weighted by molar-refractivity contribution is -0.127. The number of hydrogen-bond donors (Lipinski definition) is 0. The first-order valence-electron chi connectivity index (χ1n) is 8.05. The molecule has 0 unspecified atom stereocenters. The standard InChI is InChI=1S/C17H18N4O2S/c1-10-7-11(2)20-16-13(10)14-15(23-16)17(19-9-18-14)24-8-12(22)21-5-3-4-6-21/h7,9H,3-6,8H2,1-2H3. The molecule has 4 heterocycles. The van der Waals surface area contributed by atoms with E-state index in [9.17, 15) is 4.79 Å². The molecule has 3 aromatic heterocycles. The fourth-order valence-electron chi connectivity index (χ4n) is 3.18. The molecule has 1 saturated heterocycles. The van der Waals surface area contributed by atoms with Gasteiger partial charge in [-0.25, -0.2) is 15.0 Å². The first kappa shape index (κ1) is 15.4. The number of likely N-dealkylation sites (tertiary alicyclic amines) is 1. The summed E-state index contributed by atoms with van der Waals surface area (Å²) in [6, 6.07) is 2.02. The van der Waals surface area contributed by atoms with Gasteiger partial charge in [0.1, 0.15) is 16.9 Å². The number of aromatic nitrogens is 3. The van der Waals surface area contributed by atoms with Gasteiger partial charge in [0.15, 0.2) is 5.58 Å². The smallest absolute Gasteiger partial charge is 0.232 e. The highest BCUT2D eigenvalue weighted by molar-refractivity contribution is 8.00. The second-order valence-corrected chi connectivity index (χ2v) is 7.06. The fourth-order valence-corrected chi connectivity index (χ4v) is 4.01. The lowest BCUT2D eigenvalue weighted by Gasteiger charge is -2.14. The molecular formula is C17H18N4O2S. The number of fused-ring (bicyclic) bond motifs is 3. The first-order chi connectivity index (χ1) is 11.6. The Labute approximate surface area is 143 Å². The number of carbonyl (C=O) groups excluding carboxylic acids is 1. The average Bonchev–Trinajstić information content (AvgIpc) is 3.19. The Balaban J connectivity index is 1.68. The van der Waals surface area contributed by atoms with Gasteiger partial charge in [-0.1, -0.05) is 11.8 Å². The third-order valence-corrected chi connectivity index (χ3v) is 5.26. The lowest BCUT2D eigenvalue weighted by Crippen LogP contribution is -2.29. The number of furan rings is 1. The van der Waals surface area contributed by atoms with Gasteiger partial charge in [0.2, 0.25) is 11.6 Å². The predicted octanol–water partition coefficient (Wildman–Crippen LogP) is 3.10. The number of nitrogens with zero attached hydrogens (tertiary/aromatic N) is 4. The summed E-state index contributed by atoms with van der Waals surface area (Å²) in [5.74, 6) is 0.528. The molecule has 1 fully saturated rings. The van der Waals surface area contributed by atoms with E-state index in [2.05, 4.69) is 15.0 Å². The Hall–Kier alpha value is -2.15. The number of aryl methyl sites for hydroxylation is 2. The molecule has 1 amide bonds. The Morgan fingerprint density at radius 3 is 2.88 bits per heavy atom. The van der Waals surface area contributed by atoms with Crippen LogP contribution in [-0.4, -0.2) is 44.6 Å². The van der Waals surface area contributed by atoms with E-state index in [1.54, 1.807) is 0 Å². The largest absolute Gasteiger partial charge is 0.433 e. The molecular weight excluding hydrogens is 324 g/mol. The van der Waals surface area contributed by atoms with Crippen molar-refractivity contribution in [3.8, 4) is 0 Å². The zero-order chi connectivity index (χ0) is 16.7. The molecule has 4 rings (SSSR count). The summed E-state index contributed by atoms with van der Waals surface area (Å²) in [4.78, 5) is 27.3. The highest BCUT2D eigenvalue weighted by atomic mass is 32.2. The minimum atomic E-state index is 0.158. The van der Waals surface area contributed by atoms with E-state index in [0.717, 1.165) is 48.1 Å². The van der Waals surface area contributed by atoms with Crippen molar-refractivity contribution in [1.82, 2.24) is 19.9 Å². The van der Waals surface area contributed by atoms with Crippen LogP contribution in [0, 0.1) is 13.8 Å². The number of amides is 1. The highest BCUT2D eigenvalue weighted by Gasteiger charge is 2.20. The third-order valence-electron chi connectivity index (χ3n) is 4.31. The number of thioether (sulfide) groups is 1. The first-order valence-corrected chi connectivity index (χ1v) is 9.04. The SMILES string of the molecule is Cc1cc(C)c2c(n1)oc1c(SCC(=O)N3CCCC3)ncnc12. The minimum absolute atomic E-state index is 0.158. The van der Waals surface area contributed by atoms with Crippen LogP contribution < -0.4 is 0 Å². The number of hydrogen-bond acceptors (Lipinski definition) is 6. The summed E-state index contributed by atoms with van der Waals surface area (Å²) >= 11 is 1.41. The van der Waals surface area contributed by atoms with Crippen molar-refractivity contribution in [2.75, 3.05) is 18.8 Å². The maximum absolute atomic E-state index is 12.2. The molecule has 0 bridgehead atoms. The molecule has 0 aromatic carbocycles. The molecule has 6 nitrogen and oxygen atoms in total. The van der Waals surface area contributed by atoms with Crippen molar-refractivity contribution in [2.24, 2.45) is 0 Å². The molecule has 0 N–H and O–H groups in total. The fraction of sp³-hybridized carbons (Fsp3) is 0.412. The average molecular weight is 342 g/mol. The zero-order valence-corrected chi connectivity index (χ0v) is 14.5. The monoisotopic (exact) mass is 342 g/mol. The van der Waals surface area contributed by atoms with Gasteiger partial charge in [0.25, 0.3) is 0 Å². The third kappa shape index (κ3) is 2.62. The van der Waals surface area contributed by atoms with E-state index in [-0.39, 0.29) is 5.91 Å². The van der Waals surface area contributed by atoms with Crippen LogP contribution in [0.15, 0.2) is 21.8 Å². The lowest BCUT2D eigenvalue weighted by atomic mass is 10.1. The molecule has 1 aliphatic heterocycles. The number of rotatable bonds is 3. The molecule has 0 radical (unpaired) electrons. The minimum Gasteiger partial charge on any atom is -0.433 e. The summed E-state index contributed by atoms with van der Waals surface area (Å²) in [5.41, 5.74) is 3.95. The van der Waals surface area contributed by atoms with E-state index < -0.39 is 0 Å². The van der Waals surface area contributed by atoms with Crippen LogP contribution in [0.2, 0.25) is 0 Å². The van der Waals surface area contributed by atoms with Crippen LogP contribution in [0.25, 0.3) is 22.2 Å². The highest BCUT2D eigenvalue weighted by Crippen LogP contribution is 2.33. The van der Waals surface area contributed by atoms with E-state index in [4.69, 9.17) is 4.42 Å². The summed E-state index contributed by atoms with van der Waals surface area (Å²) in [6.07, 6.45) is 3.73. The van der Waals surface area contributed by atoms with Crippen molar-refractivity contribution in [2.45, 2.75) is 31.7 Å². The maximum Gasteiger partial charge on any atom is 0.232 e. The topological polar surface area (TPSA) is 72.1 Å². The van der Waals surface area contributed by atoms with Gasteiger partial charge in [0, 0.05) is 18.8 Å². The molecule has 124 valence electrons. The predicted molar refractivity (Wildman–Crippen MR) is 93.1 cm³/mol. The van der Waals surface area contributed by atoms with Gasteiger partial charge < -0.3 is 9.32 Å². The van der Waals surface area contributed by atoms with Crippen molar-refractivity contribution >= 4 is 39.9 Å². The van der Waals surface area contributed by atoms with Crippen molar-refractivity contribution in [1.29, 1.82) is 0 Å². The Morgan fingerprint density at radius 2 is 2.08 bits per heavy atom.